The first-order valence-corrected chi connectivity index (χ1v) is 7.02. The maximum Gasteiger partial charge on any atom is 0.387 e. The number of rotatable bonds is 4. The molecule has 0 aromatic heterocycles. The van der Waals surface area contributed by atoms with Gasteiger partial charge in [-0.05, 0) is 37.1 Å². The SMILES string of the molecule is CC(C)C1CN(c2ccc(OC(F)F)cc2)C(C)CN1. The number of nitrogens with one attached hydrogen (secondary N) is 1. The van der Waals surface area contributed by atoms with Crippen LogP contribution >= 0.6 is 0 Å². The van der Waals surface area contributed by atoms with E-state index in [9.17, 15) is 8.78 Å². The van der Waals surface area contributed by atoms with Crippen molar-refractivity contribution in [2.75, 3.05) is 18.0 Å². The number of halogens is 2. The van der Waals surface area contributed by atoms with Gasteiger partial charge in [0, 0.05) is 30.9 Å². The van der Waals surface area contributed by atoms with Gasteiger partial charge < -0.3 is 15.0 Å². The normalized spacial score (nSPS) is 23.4. The zero-order valence-corrected chi connectivity index (χ0v) is 12.1. The van der Waals surface area contributed by atoms with E-state index < -0.39 is 6.61 Å². The molecule has 1 aliphatic rings. The number of nitrogens with zero attached hydrogens (tertiary/aromatic N) is 1. The molecule has 0 spiro atoms. The molecule has 1 aliphatic heterocycles. The molecule has 112 valence electrons. The van der Waals surface area contributed by atoms with Crippen LogP contribution in [0.15, 0.2) is 24.3 Å². The monoisotopic (exact) mass is 284 g/mol. The van der Waals surface area contributed by atoms with Crippen LogP contribution in [0, 0.1) is 5.92 Å². The average Bonchev–Trinajstić information content (AvgIpc) is 2.39. The predicted octanol–water partition coefficient (Wildman–Crippen LogP) is 3.11. The number of ether oxygens (including phenoxy) is 1. The van der Waals surface area contributed by atoms with Gasteiger partial charge in [0.1, 0.15) is 5.75 Å². The standard InChI is InChI=1S/C15H22F2N2O/c1-10(2)14-9-19(11(3)8-18-14)12-4-6-13(7-5-12)20-15(16)17/h4-7,10-11,14-15,18H,8-9H2,1-3H3. The topological polar surface area (TPSA) is 24.5 Å². The molecule has 2 rings (SSSR count). The van der Waals surface area contributed by atoms with Crippen molar-refractivity contribution in [2.24, 2.45) is 5.92 Å². The zero-order chi connectivity index (χ0) is 14.7. The molecule has 20 heavy (non-hydrogen) atoms. The third-order valence-electron chi connectivity index (χ3n) is 3.80. The zero-order valence-electron chi connectivity index (χ0n) is 12.1. The van der Waals surface area contributed by atoms with Gasteiger partial charge in [-0.15, -0.1) is 0 Å². The lowest BCUT2D eigenvalue weighted by Gasteiger charge is -2.42. The summed E-state index contributed by atoms with van der Waals surface area (Å²) in [5.74, 6) is 0.762. The number of piperazine rings is 1. The third kappa shape index (κ3) is 3.60. The van der Waals surface area contributed by atoms with Crippen molar-refractivity contribution >= 4 is 5.69 Å². The number of hydrogen-bond acceptors (Lipinski definition) is 3. The molecule has 0 aliphatic carbocycles. The Morgan fingerprint density at radius 1 is 1.25 bits per heavy atom. The summed E-state index contributed by atoms with van der Waals surface area (Å²) in [4.78, 5) is 2.31. The maximum atomic E-state index is 12.1. The first-order valence-electron chi connectivity index (χ1n) is 7.02. The van der Waals surface area contributed by atoms with Crippen LogP contribution in [-0.4, -0.2) is 31.8 Å². The number of anilines is 1. The lowest BCUT2D eigenvalue weighted by atomic mass is 9.99. The Balaban J connectivity index is 2.08. The quantitative estimate of drug-likeness (QED) is 0.919. The number of alkyl halides is 2. The van der Waals surface area contributed by atoms with Crippen LogP contribution < -0.4 is 15.0 Å². The van der Waals surface area contributed by atoms with Crippen molar-refractivity contribution in [3.05, 3.63) is 24.3 Å². The van der Waals surface area contributed by atoms with Crippen LogP contribution in [0.5, 0.6) is 5.75 Å². The fourth-order valence-electron chi connectivity index (χ4n) is 2.51. The van der Waals surface area contributed by atoms with Crippen LogP contribution in [0.1, 0.15) is 20.8 Å². The van der Waals surface area contributed by atoms with Gasteiger partial charge in [0.25, 0.3) is 0 Å². The lowest BCUT2D eigenvalue weighted by molar-refractivity contribution is -0.0498. The Bertz CT molecular complexity index is 422. The van der Waals surface area contributed by atoms with Crippen molar-refractivity contribution in [3.8, 4) is 5.75 Å². The smallest absolute Gasteiger partial charge is 0.387 e. The number of benzene rings is 1. The Labute approximate surface area is 118 Å². The summed E-state index contributed by atoms with van der Waals surface area (Å²) in [5.41, 5.74) is 1.05. The van der Waals surface area contributed by atoms with Gasteiger partial charge >= 0.3 is 6.61 Å². The van der Waals surface area contributed by atoms with Crippen LogP contribution in [0.3, 0.4) is 0 Å². The molecule has 1 fully saturated rings. The molecule has 0 amide bonds. The van der Waals surface area contributed by atoms with E-state index in [1.165, 1.54) is 0 Å². The second-order valence-corrected chi connectivity index (χ2v) is 5.63. The molecule has 2 unspecified atom stereocenters. The van der Waals surface area contributed by atoms with E-state index in [0.29, 0.717) is 18.0 Å². The summed E-state index contributed by atoms with van der Waals surface area (Å²) in [7, 11) is 0. The van der Waals surface area contributed by atoms with E-state index in [0.717, 1.165) is 18.8 Å². The van der Waals surface area contributed by atoms with E-state index in [-0.39, 0.29) is 5.75 Å². The van der Waals surface area contributed by atoms with Gasteiger partial charge in [-0.1, -0.05) is 13.8 Å². The molecule has 0 saturated carbocycles. The predicted molar refractivity (Wildman–Crippen MR) is 76.5 cm³/mol. The molecular weight excluding hydrogens is 262 g/mol. The minimum atomic E-state index is -2.77. The van der Waals surface area contributed by atoms with Crippen molar-refractivity contribution in [1.29, 1.82) is 0 Å². The van der Waals surface area contributed by atoms with Gasteiger partial charge in [0.2, 0.25) is 0 Å². The maximum absolute atomic E-state index is 12.1. The van der Waals surface area contributed by atoms with E-state index in [1.54, 1.807) is 12.1 Å². The van der Waals surface area contributed by atoms with Crippen LogP contribution in [0.4, 0.5) is 14.5 Å². The van der Waals surface area contributed by atoms with Crippen molar-refractivity contribution < 1.29 is 13.5 Å². The molecule has 5 heteroatoms. The van der Waals surface area contributed by atoms with Crippen LogP contribution in [0.2, 0.25) is 0 Å². The Morgan fingerprint density at radius 3 is 2.45 bits per heavy atom. The fourth-order valence-corrected chi connectivity index (χ4v) is 2.51. The summed E-state index contributed by atoms with van der Waals surface area (Å²) >= 11 is 0. The fraction of sp³-hybridized carbons (Fsp3) is 0.600. The van der Waals surface area contributed by atoms with Crippen LogP contribution in [0.25, 0.3) is 0 Å². The van der Waals surface area contributed by atoms with Crippen molar-refractivity contribution in [3.63, 3.8) is 0 Å². The third-order valence-corrected chi connectivity index (χ3v) is 3.80. The highest BCUT2D eigenvalue weighted by molar-refractivity contribution is 5.50. The molecule has 1 N–H and O–H groups in total. The van der Waals surface area contributed by atoms with Gasteiger partial charge in [0.05, 0.1) is 0 Å². The first kappa shape index (κ1) is 15.0. The summed E-state index contributed by atoms with van der Waals surface area (Å²) in [6, 6.07) is 7.71. The molecule has 1 saturated heterocycles. The van der Waals surface area contributed by atoms with Gasteiger partial charge in [-0.2, -0.15) is 8.78 Å². The molecule has 1 heterocycles. The lowest BCUT2D eigenvalue weighted by Crippen LogP contribution is -2.57. The Morgan fingerprint density at radius 2 is 1.90 bits per heavy atom. The van der Waals surface area contributed by atoms with Crippen molar-refractivity contribution in [2.45, 2.75) is 39.5 Å². The second-order valence-electron chi connectivity index (χ2n) is 5.63. The minimum absolute atomic E-state index is 0.201. The molecule has 2 atom stereocenters. The van der Waals surface area contributed by atoms with E-state index >= 15 is 0 Å². The number of hydrogen-bond donors (Lipinski definition) is 1. The van der Waals surface area contributed by atoms with E-state index in [2.05, 4.69) is 35.7 Å². The molecular formula is C15H22F2N2O. The largest absolute Gasteiger partial charge is 0.435 e. The average molecular weight is 284 g/mol. The van der Waals surface area contributed by atoms with Crippen LogP contribution in [-0.2, 0) is 0 Å². The summed E-state index contributed by atoms with van der Waals surface area (Å²) in [6.07, 6.45) is 0. The highest BCUT2D eigenvalue weighted by Crippen LogP contribution is 2.25. The van der Waals surface area contributed by atoms with Gasteiger partial charge in [0.15, 0.2) is 0 Å². The highest BCUT2D eigenvalue weighted by atomic mass is 19.3. The Hall–Kier alpha value is -1.36. The Kier molecular flexibility index (Phi) is 4.81. The summed E-state index contributed by atoms with van der Waals surface area (Å²) in [5, 5.41) is 3.54. The van der Waals surface area contributed by atoms with Crippen molar-refractivity contribution in [1.82, 2.24) is 5.32 Å². The second kappa shape index (κ2) is 6.39. The first-order chi connectivity index (χ1) is 9.47. The molecule has 3 nitrogen and oxygen atoms in total. The molecule has 1 aromatic carbocycles. The summed E-state index contributed by atoms with van der Waals surface area (Å²) in [6.45, 7) is 5.64. The minimum Gasteiger partial charge on any atom is -0.435 e. The van der Waals surface area contributed by atoms with Gasteiger partial charge in [-0.25, -0.2) is 0 Å². The summed E-state index contributed by atoms with van der Waals surface area (Å²) < 4.78 is 28.7. The van der Waals surface area contributed by atoms with E-state index in [1.807, 2.05) is 12.1 Å². The molecule has 0 radical (unpaired) electrons. The van der Waals surface area contributed by atoms with E-state index in [4.69, 9.17) is 0 Å². The molecule has 1 aromatic rings. The van der Waals surface area contributed by atoms with Gasteiger partial charge in [-0.3, -0.25) is 0 Å². The molecule has 0 bridgehead atoms. The highest BCUT2D eigenvalue weighted by Gasteiger charge is 2.26.